The van der Waals surface area contributed by atoms with Crippen LogP contribution in [0.5, 0.6) is 0 Å². The van der Waals surface area contributed by atoms with Crippen molar-refractivity contribution < 1.29 is 4.79 Å². The molecule has 0 spiro atoms. The first-order valence-corrected chi connectivity index (χ1v) is 13.0. The molecule has 1 aromatic heterocycles. The van der Waals surface area contributed by atoms with Crippen LogP contribution in [-0.2, 0) is 0 Å². The number of nitrogens with zero attached hydrogens (tertiary/aromatic N) is 6. The number of nitrogens with one attached hydrogen (secondary N) is 2. The molecule has 2 N–H and O–H groups in total. The molecule has 184 valence electrons. The molecule has 2 aromatic rings. The van der Waals surface area contributed by atoms with Crippen LogP contribution >= 0.6 is 11.8 Å². The van der Waals surface area contributed by atoms with E-state index in [1.807, 2.05) is 38.1 Å². The van der Waals surface area contributed by atoms with Crippen molar-refractivity contribution in [3.05, 3.63) is 41.5 Å². The molecule has 0 atom stereocenters. The third-order valence-corrected chi connectivity index (χ3v) is 7.10. The molecule has 9 nitrogen and oxygen atoms in total. The van der Waals surface area contributed by atoms with Crippen LogP contribution in [-0.4, -0.2) is 77.4 Å². The number of likely N-dealkylation sites (N-methyl/N-ethyl adjacent to an activating group) is 1. The quantitative estimate of drug-likeness (QED) is 0.609. The van der Waals surface area contributed by atoms with Crippen molar-refractivity contribution in [2.45, 2.75) is 42.8 Å². The first kappa shape index (κ1) is 23.7. The predicted octanol–water partition coefficient (Wildman–Crippen LogP) is 3.07. The number of anilines is 2. The highest BCUT2D eigenvalue weighted by Gasteiger charge is 2.28. The first-order chi connectivity index (χ1) is 16.9. The summed E-state index contributed by atoms with van der Waals surface area (Å²) in [4.78, 5) is 36.6. The van der Waals surface area contributed by atoms with Gasteiger partial charge < -0.3 is 20.4 Å². The summed E-state index contributed by atoms with van der Waals surface area (Å²) in [6.45, 7) is 8.35. The molecule has 1 saturated carbocycles. The van der Waals surface area contributed by atoms with Crippen LogP contribution < -0.4 is 15.5 Å². The SMILES string of the molecule is CC(C)NC(=O)c1ccc(Sc2nc(NC3=NCC(C4CC4)=C3)nc(N3CCN(C)CC3)n2)cc1. The van der Waals surface area contributed by atoms with Crippen molar-refractivity contribution in [1.29, 1.82) is 0 Å². The van der Waals surface area contributed by atoms with E-state index in [2.05, 4.69) is 43.5 Å². The fourth-order valence-corrected chi connectivity index (χ4v) is 4.80. The standard InChI is InChI=1S/C25H32N8OS/c1-16(2)27-22(34)18-6-8-20(9-7-18)35-25-30-23(28-21-14-19(15-26-21)17-4-5-17)29-24(31-25)33-12-10-32(3)11-13-33/h6-9,14,16-17H,4-5,10-13,15H2,1-3H3,(H,27,34)(H,26,28,29,30,31). The molecular formula is C25H32N8OS. The summed E-state index contributed by atoms with van der Waals surface area (Å²) >= 11 is 1.46. The van der Waals surface area contributed by atoms with Gasteiger partial charge in [-0.3, -0.25) is 9.79 Å². The van der Waals surface area contributed by atoms with Gasteiger partial charge in [-0.2, -0.15) is 15.0 Å². The molecule has 0 unspecified atom stereocenters. The minimum atomic E-state index is -0.0727. The van der Waals surface area contributed by atoms with Gasteiger partial charge in [-0.1, -0.05) is 0 Å². The van der Waals surface area contributed by atoms with Crippen molar-refractivity contribution in [3.8, 4) is 0 Å². The van der Waals surface area contributed by atoms with Crippen molar-refractivity contribution in [3.63, 3.8) is 0 Å². The van der Waals surface area contributed by atoms with E-state index in [0.29, 0.717) is 28.5 Å². The number of piperazine rings is 1. The van der Waals surface area contributed by atoms with E-state index in [0.717, 1.165) is 43.5 Å². The molecule has 3 heterocycles. The Hall–Kier alpha value is -2.98. The maximum Gasteiger partial charge on any atom is 0.251 e. The van der Waals surface area contributed by atoms with E-state index < -0.39 is 0 Å². The van der Waals surface area contributed by atoms with Crippen LogP contribution in [0.2, 0.25) is 0 Å². The Balaban J connectivity index is 1.35. The molecule has 35 heavy (non-hydrogen) atoms. The lowest BCUT2D eigenvalue weighted by Gasteiger charge is -2.32. The summed E-state index contributed by atoms with van der Waals surface area (Å²) < 4.78 is 0. The van der Waals surface area contributed by atoms with Crippen LogP contribution in [0.25, 0.3) is 0 Å². The van der Waals surface area contributed by atoms with E-state index >= 15 is 0 Å². The van der Waals surface area contributed by atoms with Crippen molar-refractivity contribution in [2.24, 2.45) is 10.9 Å². The minimum absolute atomic E-state index is 0.0727. The van der Waals surface area contributed by atoms with E-state index in [1.165, 1.54) is 30.2 Å². The summed E-state index contributed by atoms with van der Waals surface area (Å²) in [5.74, 6) is 2.64. The van der Waals surface area contributed by atoms with Crippen LogP contribution in [0, 0.1) is 5.92 Å². The Morgan fingerprint density at radius 2 is 1.80 bits per heavy atom. The summed E-state index contributed by atoms with van der Waals surface area (Å²) in [7, 11) is 2.13. The predicted molar refractivity (Wildman–Crippen MR) is 139 cm³/mol. The molecular weight excluding hydrogens is 460 g/mol. The lowest BCUT2D eigenvalue weighted by Crippen LogP contribution is -2.45. The molecule has 2 aliphatic heterocycles. The smallest absolute Gasteiger partial charge is 0.251 e. The average Bonchev–Trinajstić information content (AvgIpc) is 3.58. The highest BCUT2D eigenvalue weighted by atomic mass is 32.2. The monoisotopic (exact) mass is 492 g/mol. The van der Waals surface area contributed by atoms with Gasteiger partial charge in [0.1, 0.15) is 5.84 Å². The fourth-order valence-electron chi connectivity index (χ4n) is 4.06. The number of carbonyl (C=O) groups is 1. The van der Waals surface area contributed by atoms with Gasteiger partial charge >= 0.3 is 0 Å². The molecule has 1 aromatic carbocycles. The second kappa shape index (κ2) is 10.3. The summed E-state index contributed by atoms with van der Waals surface area (Å²) in [5, 5.41) is 6.85. The van der Waals surface area contributed by atoms with Gasteiger partial charge in [0.15, 0.2) is 5.16 Å². The van der Waals surface area contributed by atoms with Crippen molar-refractivity contribution in [1.82, 2.24) is 25.2 Å². The van der Waals surface area contributed by atoms with Crippen LogP contribution in [0.15, 0.2) is 51.0 Å². The van der Waals surface area contributed by atoms with Crippen molar-refractivity contribution >= 4 is 35.4 Å². The van der Waals surface area contributed by atoms with Crippen LogP contribution in [0.3, 0.4) is 0 Å². The number of hydrogen-bond donors (Lipinski definition) is 2. The van der Waals surface area contributed by atoms with Gasteiger partial charge in [-0.15, -0.1) is 0 Å². The highest BCUT2D eigenvalue weighted by molar-refractivity contribution is 7.99. The second-order valence-corrected chi connectivity index (χ2v) is 10.6. The topological polar surface area (TPSA) is 98.6 Å². The van der Waals surface area contributed by atoms with Crippen molar-refractivity contribution in [2.75, 3.05) is 50.0 Å². The van der Waals surface area contributed by atoms with E-state index in [9.17, 15) is 4.79 Å². The Labute approximate surface area is 210 Å². The Morgan fingerprint density at radius 1 is 1.06 bits per heavy atom. The lowest BCUT2D eigenvalue weighted by molar-refractivity contribution is 0.0943. The molecule has 0 radical (unpaired) electrons. The van der Waals surface area contributed by atoms with E-state index in [4.69, 9.17) is 9.97 Å². The van der Waals surface area contributed by atoms with Gasteiger partial charge in [-0.05, 0) is 87.3 Å². The molecule has 1 aliphatic carbocycles. The first-order valence-electron chi connectivity index (χ1n) is 12.2. The number of aliphatic imine (C=N–C) groups is 1. The number of carbonyl (C=O) groups excluding carboxylic acids is 1. The average molecular weight is 493 g/mol. The third kappa shape index (κ3) is 6.18. The normalized spacial score (nSPS) is 18.5. The van der Waals surface area contributed by atoms with Gasteiger partial charge in [0.25, 0.3) is 5.91 Å². The molecule has 10 heteroatoms. The fraction of sp³-hybridized carbons (Fsp3) is 0.480. The number of amidine groups is 1. The van der Waals surface area contributed by atoms with Gasteiger partial charge in [0.05, 0.1) is 6.54 Å². The zero-order valence-electron chi connectivity index (χ0n) is 20.5. The summed E-state index contributed by atoms with van der Waals surface area (Å²) in [6, 6.07) is 7.62. The van der Waals surface area contributed by atoms with Gasteiger partial charge in [0.2, 0.25) is 11.9 Å². The maximum atomic E-state index is 12.3. The molecule has 5 rings (SSSR count). The molecule has 2 fully saturated rings. The highest BCUT2D eigenvalue weighted by Crippen LogP contribution is 2.38. The molecule has 0 bridgehead atoms. The molecule has 3 aliphatic rings. The zero-order chi connectivity index (χ0) is 24.4. The van der Waals surface area contributed by atoms with E-state index in [1.54, 1.807) is 0 Å². The summed E-state index contributed by atoms with van der Waals surface area (Å²) in [5.41, 5.74) is 2.04. The number of amides is 1. The van der Waals surface area contributed by atoms with E-state index in [-0.39, 0.29) is 11.9 Å². The second-order valence-electron chi connectivity index (χ2n) is 9.61. The Bertz CT molecular complexity index is 1130. The van der Waals surface area contributed by atoms with Crippen LogP contribution in [0.4, 0.5) is 11.9 Å². The largest absolute Gasteiger partial charge is 0.350 e. The summed E-state index contributed by atoms with van der Waals surface area (Å²) in [6.07, 6.45) is 4.68. The van der Waals surface area contributed by atoms with Gasteiger partial charge in [0, 0.05) is 42.7 Å². The van der Waals surface area contributed by atoms with Crippen LogP contribution in [0.1, 0.15) is 37.0 Å². The molecule has 1 saturated heterocycles. The minimum Gasteiger partial charge on any atom is -0.350 e. The van der Waals surface area contributed by atoms with Gasteiger partial charge in [-0.25, -0.2) is 0 Å². The molecule has 1 amide bonds. The number of aromatic nitrogens is 3. The number of hydrogen-bond acceptors (Lipinski definition) is 9. The number of rotatable bonds is 7. The maximum absolute atomic E-state index is 12.3. The zero-order valence-corrected chi connectivity index (χ0v) is 21.3. The third-order valence-electron chi connectivity index (χ3n) is 6.23. The Morgan fingerprint density at radius 3 is 2.49 bits per heavy atom. The number of benzene rings is 1. The Kier molecular flexibility index (Phi) is 7.01. The lowest BCUT2D eigenvalue weighted by atomic mass is 10.2.